The van der Waals surface area contributed by atoms with Gasteiger partial charge in [0.2, 0.25) is 6.79 Å². The highest BCUT2D eigenvalue weighted by Gasteiger charge is 2.55. The van der Waals surface area contributed by atoms with Gasteiger partial charge in [-0.1, -0.05) is 26.8 Å². The Morgan fingerprint density at radius 2 is 1.75 bits per heavy atom. The number of para-hydroxylation sites is 1. The summed E-state index contributed by atoms with van der Waals surface area (Å²) in [6.45, 7) is 13.7. The molecule has 0 bridgehead atoms. The Bertz CT molecular complexity index is 1310. The maximum absolute atomic E-state index is 14.1. The minimum atomic E-state index is -1.99. The molecule has 0 saturated carbocycles. The lowest BCUT2D eigenvalue weighted by atomic mass is 9.70. The average Bonchev–Trinajstić information content (AvgIpc) is 3.56. The van der Waals surface area contributed by atoms with Crippen molar-refractivity contribution in [1.82, 2.24) is 10.2 Å². The lowest BCUT2D eigenvalue weighted by Gasteiger charge is -2.49. The Balaban J connectivity index is 1.82. The lowest BCUT2D eigenvalue weighted by Crippen LogP contribution is -2.63. The van der Waals surface area contributed by atoms with E-state index in [1.807, 2.05) is 32.8 Å². The average molecular weight is 726 g/mol. The molecule has 3 aliphatic heterocycles. The molecule has 14 heteroatoms. The van der Waals surface area contributed by atoms with Gasteiger partial charge in [-0.15, -0.1) is 0 Å². The van der Waals surface area contributed by atoms with Gasteiger partial charge >= 0.3 is 5.97 Å². The number of hydrogen-bond donors (Lipinski definition) is 7. The van der Waals surface area contributed by atoms with Crippen LogP contribution in [0, 0.1) is 17.8 Å². The first-order valence-electron chi connectivity index (χ1n) is 18.3. The summed E-state index contributed by atoms with van der Waals surface area (Å²) in [6.07, 6.45) is -5.23. The number of nitrogens with one attached hydrogen (secondary N) is 2. The Labute approximate surface area is 302 Å². The summed E-state index contributed by atoms with van der Waals surface area (Å²) in [7, 11) is 3.73. The number of ether oxygens (including phenoxy) is 5. The Morgan fingerprint density at radius 3 is 2.39 bits per heavy atom. The molecule has 51 heavy (non-hydrogen) atoms. The van der Waals surface area contributed by atoms with Gasteiger partial charge in [-0.2, -0.15) is 0 Å². The molecule has 0 spiro atoms. The topological polar surface area (TPSA) is 192 Å². The molecular weight excluding hydrogens is 662 g/mol. The van der Waals surface area contributed by atoms with Crippen LogP contribution in [-0.4, -0.2) is 136 Å². The quantitative estimate of drug-likeness (QED) is 0.202. The van der Waals surface area contributed by atoms with E-state index < -0.39 is 71.4 Å². The van der Waals surface area contributed by atoms with Crippen molar-refractivity contribution in [2.75, 3.05) is 39.3 Å². The number of aliphatic hydroxyl groups is 5. The highest BCUT2D eigenvalue weighted by Crippen LogP contribution is 2.43. The van der Waals surface area contributed by atoms with Crippen molar-refractivity contribution in [2.45, 2.75) is 140 Å². The van der Waals surface area contributed by atoms with E-state index in [2.05, 4.69) is 10.6 Å². The summed E-state index contributed by atoms with van der Waals surface area (Å²) in [5.74, 6) is -2.30. The largest absolute Gasteiger partial charge is 0.459 e. The first-order chi connectivity index (χ1) is 23.7. The van der Waals surface area contributed by atoms with Crippen molar-refractivity contribution in [3.05, 3.63) is 18.2 Å². The van der Waals surface area contributed by atoms with E-state index in [0.717, 1.165) is 0 Å². The van der Waals surface area contributed by atoms with Crippen molar-refractivity contribution in [3.8, 4) is 11.5 Å². The summed E-state index contributed by atoms with van der Waals surface area (Å²) in [5, 5.41) is 66.2. The third-order valence-corrected chi connectivity index (χ3v) is 11.4. The van der Waals surface area contributed by atoms with Crippen molar-refractivity contribution in [1.29, 1.82) is 0 Å². The van der Waals surface area contributed by atoms with Crippen molar-refractivity contribution < 1.29 is 54.0 Å². The molecular formula is C37H63N3O11. The fraction of sp³-hybridized carbons (Fsp3) is 0.811. The maximum atomic E-state index is 14.1. The summed E-state index contributed by atoms with van der Waals surface area (Å²) in [6, 6.07) is 4.39. The van der Waals surface area contributed by atoms with Crippen molar-refractivity contribution in [3.63, 3.8) is 0 Å². The molecule has 4 rings (SSSR count). The molecule has 292 valence electrons. The van der Waals surface area contributed by atoms with Crippen LogP contribution in [0.5, 0.6) is 11.5 Å². The molecule has 0 aliphatic carbocycles. The van der Waals surface area contributed by atoms with Gasteiger partial charge in [-0.3, -0.25) is 4.79 Å². The van der Waals surface area contributed by atoms with Gasteiger partial charge in [0, 0.05) is 24.5 Å². The predicted octanol–water partition coefficient (Wildman–Crippen LogP) is 1.84. The number of rotatable bonds is 7. The number of likely N-dealkylation sites (N-methyl/N-ethyl adjacent to an activating group) is 1. The number of carbonyl (C=O) groups excluding carboxylic acids is 1. The monoisotopic (exact) mass is 725 g/mol. The second kappa shape index (κ2) is 16.4. The molecule has 0 aromatic heterocycles. The highest BCUT2D eigenvalue weighted by atomic mass is 16.7. The van der Waals surface area contributed by atoms with Gasteiger partial charge in [0.15, 0.2) is 17.8 Å². The first kappa shape index (κ1) is 41.5. The number of hydrogen-bond acceptors (Lipinski definition) is 14. The summed E-state index contributed by atoms with van der Waals surface area (Å²) >= 11 is 0. The SMILES string of the molecule is CC[C@H]1OC(=O)C(C)[C@@](O)(CNc2cccc3c2OCO3)[C@H](C)[C@@H](O[C@@H]2O[C@H](C)C[C@H](N(C)C)[C@H]2O)[C@@](C)(O)C[C@@H](C)CN[C@H](C)[C@@H](O)[C@]1(C)O. The number of benzene rings is 1. The van der Waals surface area contributed by atoms with Gasteiger partial charge in [-0.05, 0) is 92.6 Å². The van der Waals surface area contributed by atoms with Crippen LogP contribution in [0.3, 0.4) is 0 Å². The Morgan fingerprint density at radius 1 is 1.06 bits per heavy atom. The van der Waals surface area contributed by atoms with E-state index in [-0.39, 0.29) is 44.2 Å². The number of fused-ring (bicyclic) bond motifs is 1. The Kier molecular flexibility index (Phi) is 13.3. The summed E-state index contributed by atoms with van der Waals surface area (Å²) in [5.41, 5.74) is -4.95. The molecule has 2 saturated heterocycles. The summed E-state index contributed by atoms with van der Waals surface area (Å²) < 4.78 is 30.0. The van der Waals surface area contributed by atoms with E-state index in [9.17, 15) is 30.3 Å². The number of cyclic esters (lactones) is 1. The number of esters is 1. The van der Waals surface area contributed by atoms with Crippen molar-refractivity contribution >= 4 is 11.7 Å². The summed E-state index contributed by atoms with van der Waals surface area (Å²) in [4.78, 5) is 16.0. The molecule has 1 aromatic rings. The van der Waals surface area contributed by atoms with E-state index in [0.29, 0.717) is 30.2 Å². The smallest absolute Gasteiger partial charge is 0.312 e. The molecule has 0 radical (unpaired) electrons. The first-order valence-corrected chi connectivity index (χ1v) is 18.3. The fourth-order valence-electron chi connectivity index (χ4n) is 8.03. The number of aliphatic hydroxyl groups excluding tert-OH is 2. The third kappa shape index (κ3) is 8.93. The molecule has 14 nitrogen and oxygen atoms in total. The van der Waals surface area contributed by atoms with Crippen LogP contribution in [0.4, 0.5) is 5.69 Å². The van der Waals surface area contributed by atoms with Gasteiger partial charge in [0.05, 0.1) is 35.0 Å². The van der Waals surface area contributed by atoms with Crippen molar-refractivity contribution in [2.24, 2.45) is 17.8 Å². The molecule has 3 aliphatic rings. The van der Waals surface area contributed by atoms with Crippen LogP contribution in [0.15, 0.2) is 18.2 Å². The van der Waals surface area contributed by atoms with Gasteiger partial charge < -0.3 is 64.8 Å². The maximum Gasteiger partial charge on any atom is 0.312 e. The molecule has 14 atom stereocenters. The zero-order valence-corrected chi connectivity index (χ0v) is 32.0. The standard InChI is InChI=1S/C37H63N3O11/c1-11-28-36(8,45)31(42)24(6)38-17-20(2)16-35(7,44)32(51-34-29(41)26(40(9)10)15-21(3)49-34)22(4)37(46,23(5)33(43)50-28)18-39-25-13-12-14-27-30(25)48-19-47-27/h12-14,20-24,26,28-29,31-32,34,38-39,41-42,44-46H,11,15-19H2,1-10H3/t20-,21-,22-,23?,24-,26+,28-,29-,31-,32-,34+,35+,36-,37-/m1/s1. The van der Waals surface area contributed by atoms with Crippen LogP contribution in [0.1, 0.15) is 74.7 Å². The minimum Gasteiger partial charge on any atom is -0.459 e. The molecule has 3 heterocycles. The second-order valence-electron chi connectivity index (χ2n) is 15.9. The van der Waals surface area contributed by atoms with E-state index >= 15 is 0 Å². The normalized spacial score (nSPS) is 42.9. The number of carbonyl (C=O) groups is 1. The Hall–Kier alpha value is -2.27. The van der Waals surface area contributed by atoms with E-state index in [1.165, 1.54) is 13.8 Å². The van der Waals surface area contributed by atoms with Crippen LogP contribution in [0.25, 0.3) is 0 Å². The minimum absolute atomic E-state index is 0.0299. The predicted molar refractivity (Wildman–Crippen MR) is 190 cm³/mol. The molecule has 1 unspecified atom stereocenters. The molecule has 2 fully saturated rings. The number of nitrogens with zero attached hydrogens (tertiary/aromatic N) is 1. The third-order valence-electron chi connectivity index (χ3n) is 11.4. The molecule has 7 N–H and O–H groups in total. The molecule has 0 amide bonds. The van der Waals surface area contributed by atoms with E-state index in [1.54, 1.807) is 45.9 Å². The fourth-order valence-corrected chi connectivity index (χ4v) is 8.03. The lowest BCUT2D eigenvalue weighted by molar-refractivity contribution is -0.303. The zero-order chi connectivity index (χ0) is 38.1. The van der Waals surface area contributed by atoms with Crippen LogP contribution in [-0.2, 0) is 19.0 Å². The van der Waals surface area contributed by atoms with Gasteiger partial charge in [0.25, 0.3) is 0 Å². The van der Waals surface area contributed by atoms with Crippen LogP contribution < -0.4 is 20.1 Å². The second-order valence-corrected chi connectivity index (χ2v) is 15.9. The number of anilines is 1. The van der Waals surface area contributed by atoms with Gasteiger partial charge in [-0.25, -0.2) is 0 Å². The van der Waals surface area contributed by atoms with Crippen LogP contribution >= 0.6 is 0 Å². The molecule has 1 aromatic carbocycles. The highest BCUT2D eigenvalue weighted by molar-refractivity contribution is 5.74. The van der Waals surface area contributed by atoms with Crippen LogP contribution in [0.2, 0.25) is 0 Å². The van der Waals surface area contributed by atoms with E-state index in [4.69, 9.17) is 23.7 Å². The zero-order valence-electron chi connectivity index (χ0n) is 32.0. The van der Waals surface area contributed by atoms with Gasteiger partial charge in [0.1, 0.15) is 23.9 Å².